The van der Waals surface area contributed by atoms with E-state index in [1.54, 1.807) is 6.07 Å². The first-order valence-corrected chi connectivity index (χ1v) is 5.61. The molecule has 1 atom stereocenters. The molecule has 0 bridgehead atoms. The normalized spacial score (nSPS) is 11.5. The molecule has 0 radical (unpaired) electrons. The summed E-state index contributed by atoms with van der Waals surface area (Å²) in [4.78, 5) is 0. The number of nitrogens with zero attached hydrogens (tertiary/aromatic N) is 1. The zero-order valence-corrected chi connectivity index (χ0v) is 9.72. The predicted octanol–water partition coefficient (Wildman–Crippen LogP) is 3.73. The van der Waals surface area contributed by atoms with Gasteiger partial charge >= 0.3 is 0 Å². The first-order valence-electron chi connectivity index (χ1n) is 5.61. The summed E-state index contributed by atoms with van der Waals surface area (Å²) in [5.41, 5.74) is 2.88. The molecule has 2 aromatic rings. The molecule has 84 valence electrons. The van der Waals surface area contributed by atoms with Crippen LogP contribution in [0.5, 0.6) is 0 Å². The Morgan fingerprint density at radius 1 is 1.06 bits per heavy atom. The Bertz CT molecular complexity index is 526. The quantitative estimate of drug-likeness (QED) is 0.858. The fraction of sp³-hybridized carbons (Fsp3) is 0.133. The van der Waals surface area contributed by atoms with Gasteiger partial charge in [0, 0.05) is 11.7 Å². The second-order valence-corrected chi connectivity index (χ2v) is 3.97. The molecule has 0 aliphatic heterocycles. The first-order chi connectivity index (χ1) is 8.29. The number of nitriles is 1. The Kier molecular flexibility index (Phi) is 3.42. The highest BCUT2D eigenvalue weighted by molar-refractivity contribution is 5.50. The van der Waals surface area contributed by atoms with Crippen molar-refractivity contribution in [2.45, 2.75) is 13.0 Å². The van der Waals surface area contributed by atoms with Crippen molar-refractivity contribution in [3.8, 4) is 6.07 Å². The van der Waals surface area contributed by atoms with E-state index in [0.717, 1.165) is 5.69 Å². The van der Waals surface area contributed by atoms with Gasteiger partial charge in [0.25, 0.3) is 0 Å². The third kappa shape index (κ3) is 2.85. The van der Waals surface area contributed by atoms with E-state index in [-0.39, 0.29) is 6.04 Å². The SMILES string of the molecule is CC(Nc1cccc(C#N)c1)c1ccccc1. The van der Waals surface area contributed by atoms with Crippen molar-refractivity contribution < 1.29 is 0 Å². The van der Waals surface area contributed by atoms with Gasteiger partial charge in [0.15, 0.2) is 0 Å². The van der Waals surface area contributed by atoms with E-state index in [2.05, 4.69) is 30.4 Å². The van der Waals surface area contributed by atoms with Crippen molar-refractivity contribution in [2.75, 3.05) is 5.32 Å². The highest BCUT2D eigenvalue weighted by Gasteiger charge is 2.04. The minimum absolute atomic E-state index is 0.227. The Balaban J connectivity index is 2.13. The van der Waals surface area contributed by atoms with E-state index in [1.165, 1.54) is 5.56 Å². The molecule has 0 spiro atoms. The van der Waals surface area contributed by atoms with Gasteiger partial charge in [-0.1, -0.05) is 36.4 Å². The molecule has 0 heterocycles. The summed E-state index contributed by atoms with van der Waals surface area (Å²) < 4.78 is 0. The van der Waals surface area contributed by atoms with Gasteiger partial charge in [-0.25, -0.2) is 0 Å². The van der Waals surface area contributed by atoms with Gasteiger partial charge in [-0.05, 0) is 30.7 Å². The molecule has 0 saturated carbocycles. The minimum Gasteiger partial charge on any atom is -0.378 e. The molecule has 1 N–H and O–H groups in total. The van der Waals surface area contributed by atoms with Crippen molar-refractivity contribution >= 4 is 5.69 Å². The fourth-order valence-corrected chi connectivity index (χ4v) is 1.75. The maximum absolute atomic E-state index is 8.84. The highest BCUT2D eigenvalue weighted by Crippen LogP contribution is 2.19. The molecule has 2 heteroatoms. The van der Waals surface area contributed by atoms with Gasteiger partial charge < -0.3 is 5.32 Å². The Morgan fingerprint density at radius 3 is 2.53 bits per heavy atom. The molecule has 1 unspecified atom stereocenters. The van der Waals surface area contributed by atoms with Crippen LogP contribution in [0.15, 0.2) is 54.6 Å². The summed E-state index contributed by atoms with van der Waals surface area (Å²) in [6.45, 7) is 2.11. The molecule has 0 amide bonds. The summed E-state index contributed by atoms with van der Waals surface area (Å²) in [6, 6.07) is 20.1. The van der Waals surface area contributed by atoms with Crippen LogP contribution in [0.1, 0.15) is 24.1 Å². The van der Waals surface area contributed by atoms with Crippen LogP contribution in [0.25, 0.3) is 0 Å². The molecule has 0 aliphatic carbocycles. The van der Waals surface area contributed by atoms with Crippen LogP contribution in [0.3, 0.4) is 0 Å². The molecule has 0 saturated heterocycles. The maximum Gasteiger partial charge on any atom is 0.0992 e. The standard InChI is InChI=1S/C15H14N2/c1-12(14-7-3-2-4-8-14)17-15-9-5-6-13(10-15)11-16/h2-10,12,17H,1H3. The van der Waals surface area contributed by atoms with E-state index >= 15 is 0 Å². The van der Waals surface area contributed by atoms with Crippen molar-refractivity contribution in [2.24, 2.45) is 0 Å². The highest BCUT2D eigenvalue weighted by atomic mass is 14.9. The number of hydrogen-bond acceptors (Lipinski definition) is 2. The average molecular weight is 222 g/mol. The molecule has 2 rings (SSSR count). The van der Waals surface area contributed by atoms with E-state index < -0.39 is 0 Å². The zero-order valence-electron chi connectivity index (χ0n) is 9.72. The van der Waals surface area contributed by atoms with E-state index in [1.807, 2.05) is 36.4 Å². The topological polar surface area (TPSA) is 35.8 Å². The van der Waals surface area contributed by atoms with Crippen LogP contribution in [-0.4, -0.2) is 0 Å². The van der Waals surface area contributed by atoms with Gasteiger partial charge in [-0.15, -0.1) is 0 Å². The van der Waals surface area contributed by atoms with Crippen molar-refractivity contribution in [1.82, 2.24) is 0 Å². The largest absolute Gasteiger partial charge is 0.378 e. The molecule has 2 nitrogen and oxygen atoms in total. The molecule has 0 aliphatic rings. The smallest absolute Gasteiger partial charge is 0.0992 e. The monoisotopic (exact) mass is 222 g/mol. The number of benzene rings is 2. The van der Waals surface area contributed by atoms with Crippen LogP contribution >= 0.6 is 0 Å². The van der Waals surface area contributed by atoms with E-state index in [4.69, 9.17) is 5.26 Å². The van der Waals surface area contributed by atoms with Gasteiger partial charge in [0.1, 0.15) is 0 Å². The lowest BCUT2D eigenvalue weighted by Crippen LogP contribution is -2.06. The molecular formula is C15H14N2. The summed E-state index contributed by atoms with van der Waals surface area (Å²) in [7, 11) is 0. The van der Waals surface area contributed by atoms with Gasteiger partial charge in [-0.2, -0.15) is 5.26 Å². The van der Waals surface area contributed by atoms with Gasteiger partial charge in [0.2, 0.25) is 0 Å². The summed E-state index contributed by atoms with van der Waals surface area (Å²) in [5.74, 6) is 0. The minimum atomic E-state index is 0.227. The van der Waals surface area contributed by atoms with Crippen LogP contribution < -0.4 is 5.32 Å². The molecular weight excluding hydrogens is 208 g/mol. The average Bonchev–Trinajstić information content (AvgIpc) is 2.40. The second-order valence-electron chi connectivity index (χ2n) is 3.97. The Hall–Kier alpha value is -2.27. The number of rotatable bonds is 3. The number of hydrogen-bond donors (Lipinski definition) is 1. The lowest BCUT2D eigenvalue weighted by Gasteiger charge is -2.15. The zero-order chi connectivity index (χ0) is 12.1. The van der Waals surface area contributed by atoms with Crippen molar-refractivity contribution in [1.29, 1.82) is 5.26 Å². The Morgan fingerprint density at radius 2 is 1.82 bits per heavy atom. The molecule has 2 aromatic carbocycles. The molecule has 17 heavy (non-hydrogen) atoms. The summed E-state index contributed by atoms with van der Waals surface area (Å²) in [6.07, 6.45) is 0. The third-order valence-corrected chi connectivity index (χ3v) is 2.67. The van der Waals surface area contributed by atoms with E-state index in [9.17, 15) is 0 Å². The van der Waals surface area contributed by atoms with Crippen LogP contribution in [0, 0.1) is 11.3 Å². The maximum atomic E-state index is 8.84. The first kappa shape index (κ1) is 11.2. The van der Waals surface area contributed by atoms with Gasteiger partial charge in [0.05, 0.1) is 11.6 Å². The summed E-state index contributed by atoms with van der Waals surface area (Å²) in [5, 5.41) is 12.2. The lowest BCUT2D eigenvalue weighted by molar-refractivity contribution is 0.885. The van der Waals surface area contributed by atoms with E-state index in [0.29, 0.717) is 5.56 Å². The van der Waals surface area contributed by atoms with Crippen LogP contribution in [0.4, 0.5) is 5.69 Å². The fourth-order valence-electron chi connectivity index (χ4n) is 1.75. The number of anilines is 1. The van der Waals surface area contributed by atoms with Gasteiger partial charge in [-0.3, -0.25) is 0 Å². The predicted molar refractivity (Wildman–Crippen MR) is 69.6 cm³/mol. The molecule has 0 fully saturated rings. The lowest BCUT2D eigenvalue weighted by atomic mass is 10.1. The van der Waals surface area contributed by atoms with Crippen molar-refractivity contribution in [3.63, 3.8) is 0 Å². The Labute approximate surface area is 102 Å². The van der Waals surface area contributed by atoms with Crippen molar-refractivity contribution in [3.05, 3.63) is 65.7 Å². The molecule has 0 aromatic heterocycles. The third-order valence-electron chi connectivity index (χ3n) is 2.67. The van der Waals surface area contributed by atoms with Crippen LogP contribution in [-0.2, 0) is 0 Å². The van der Waals surface area contributed by atoms with Crippen LogP contribution in [0.2, 0.25) is 0 Å². The second kappa shape index (κ2) is 5.18. The number of nitrogens with one attached hydrogen (secondary N) is 1. The summed E-state index contributed by atoms with van der Waals surface area (Å²) >= 11 is 0.